The smallest absolute Gasteiger partial charge is 0.317 e. The number of urea groups is 1. The molecule has 7 heteroatoms. The zero-order valence-electron chi connectivity index (χ0n) is 17.7. The maximum absolute atomic E-state index is 13.0. The molecule has 2 aliphatic heterocycles. The molecule has 1 aromatic rings. The Bertz CT molecular complexity index is 758. The molecule has 2 heterocycles. The van der Waals surface area contributed by atoms with Gasteiger partial charge in [-0.3, -0.25) is 9.59 Å². The number of amides is 4. The van der Waals surface area contributed by atoms with Crippen molar-refractivity contribution in [1.82, 2.24) is 15.1 Å². The van der Waals surface area contributed by atoms with E-state index in [1.165, 1.54) is 0 Å². The van der Waals surface area contributed by atoms with Gasteiger partial charge in [-0.2, -0.15) is 0 Å². The van der Waals surface area contributed by atoms with Gasteiger partial charge in [-0.05, 0) is 30.9 Å². The minimum Gasteiger partial charge on any atom is -0.339 e. The van der Waals surface area contributed by atoms with Gasteiger partial charge in [0.25, 0.3) is 0 Å². The first-order chi connectivity index (χ1) is 14.0. The van der Waals surface area contributed by atoms with Crippen molar-refractivity contribution in [3.8, 4) is 0 Å². The summed E-state index contributed by atoms with van der Waals surface area (Å²) in [5.74, 6) is 0.0806. The third-order valence-corrected chi connectivity index (χ3v) is 6.05. The molecule has 4 amide bonds. The van der Waals surface area contributed by atoms with E-state index in [9.17, 15) is 14.4 Å². The maximum atomic E-state index is 13.0. The van der Waals surface area contributed by atoms with Gasteiger partial charge in [0, 0.05) is 51.4 Å². The van der Waals surface area contributed by atoms with Crippen LogP contribution in [0.2, 0.25) is 0 Å². The lowest BCUT2D eigenvalue weighted by atomic mass is 9.96. The first-order valence-electron chi connectivity index (χ1n) is 10.7. The summed E-state index contributed by atoms with van der Waals surface area (Å²) in [4.78, 5) is 43.0. The minimum absolute atomic E-state index is 0.0139. The number of rotatable bonds is 5. The Labute approximate surface area is 173 Å². The van der Waals surface area contributed by atoms with Crippen LogP contribution in [-0.4, -0.2) is 66.9 Å². The number of hydrogen-bond acceptors (Lipinski definition) is 3. The van der Waals surface area contributed by atoms with E-state index in [4.69, 9.17) is 0 Å². The SMILES string of the molecule is CCNC(=O)N1CCN(C(=O)C2CC(=O)N(c3ccccc3C(C)CC)C2)CC1. The topological polar surface area (TPSA) is 73.0 Å². The molecule has 2 fully saturated rings. The molecule has 0 spiro atoms. The molecule has 0 saturated carbocycles. The highest BCUT2D eigenvalue weighted by Crippen LogP contribution is 2.34. The number of carbonyl (C=O) groups excluding carboxylic acids is 3. The molecule has 2 saturated heterocycles. The van der Waals surface area contributed by atoms with Gasteiger partial charge in [-0.1, -0.05) is 32.0 Å². The number of nitrogens with one attached hydrogen (secondary N) is 1. The highest BCUT2D eigenvalue weighted by molar-refractivity contribution is 6.01. The predicted molar refractivity (Wildman–Crippen MR) is 113 cm³/mol. The normalized spacial score (nSPS) is 20.7. The zero-order valence-corrected chi connectivity index (χ0v) is 17.7. The summed E-state index contributed by atoms with van der Waals surface area (Å²) in [6.45, 7) is 9.31. The van der Waals surface area contributed by atoms with Crippen LogP contribution < -0.4 is 10.2 Å². The third-order valence-electron chi connectivity index (χ3n) is 6.05. The van der Waals surface area contributed by atoms with Crippen LogP contribution in [-0.2, 0) is 9.59 Å². The van der Waals surface area contributed by atoms with E-state index < -0.39 is 0 Å². The van der Waals surface area contributed by atoms with Crippen molar-refractivity contribution in [2.45, 2.75) is 39.5 Å². The molecule has 29 heavy (non-hydrogen) atoms. The molecule has 0 aliphatic carbocycles. The van der Waals surface area contributed by atoms with E-state index in [1.54, 1.807) is 14.7 Å². The molecule has 0 radical (unpaired) electrons. The molecule has 2 atom stereocenters. The lowest BCUT2D eigenvalue weighted by Crippen LogP contribution is -2.54. The summed E-state index contributed by atoms with van der Waals surface area (Å²) in [6.07, 6.45) is 1.25. The number of hydrogen-bond donors (Lipinski definition) is 1. The largest absolute Gasteiger partial charge is 0.339 e. The first kappa shape index (κ1) is 21.1. The van der Waals surface area contributed by atoms with Crippen molar-refractivity contribution in [1.29, 1.82) is 0 Å². The first-order valence-corrected chi connectivity index (χ1v) is 10.7. The van der Waals surface area contributed by atoms with Crippen LogP contribution >= 0.6 is 0 Å². The molecular weight excluding hydrogens is 368 g/mol. The zero-order chi connectivity index (χ0) is 21.0. The van der Waals surface area contributed by atoms with Crippen LogP contribution in [0, 0.1) is 5.92 Å². The van der Waals surface area contributed by atoms with E-state index >= 15 is 0 Å². The fourth-order valence-electron chi connectivity index (χ4n) is 4.13. The van der Waals surface area contributed by atoms with Gasteiger partial charge < -0.3 is 20.0 Å². The summed E-state index contributed by atoms with van der Waals surface area (Å²) in [7, 11) is 0. The van der Waals surface area contributed by atoms with E-state index in [0.717, 1.165) is 17.7 Å². The average molecular weight is 401 g/mol. The van der Waals surface area contributed by atoms with Gasteiger partial charge in [-0.15, -0.1) is 0 Å². The lowest BCUT2D eigenvalue weighted by molar-refractivity contribution is -0.137. The van der Waals surface area contributed by atoms with Crippen molar-refractivity contribution < 1.29 is 14.4 Å². The molecular formula is C22H32N4O3. The van der Waals surface area contributed by atoms with Gasteiger partial charge >= 0.3 is 6.03 Å². The molecule has 1 N–H and O–H groups in total. The van der Waals surface area contributed by atoms with Gasteiger partial charge in [0.2, 0.25) is 11.8 Å². The molecule has 2 unspecified atom stereocenters. The lowest BCUT2D eigenvalue weighted by Gasteiger charge is -2.35. The number of nitrogens with zero attached hydrogens (tertiary/aromatic N) is 3. The Balaban J connectivity index is 1.64. The van der Waals surface area contributed by atoms with Gasteiger partial charge in [-0.25, -0.2) is 4.79 Å². The quantitative estimate of drug-likeness (QED) is 0.825. The number of para-hydroxylation sites is 1. The summed E-state index contributed by atoms with van der Waals surface area (Å²) >= 11 is 0. The predicted octanol–water partition coefficient (Wildman–Crippen LogP) is 2.43. The van der Waals surface area contributed by atoms with Crippen LogP contribution in [0.25, 0.3) is 0 Å². The monoisotopic (exact) mass is 400 g/mol. The van der Waals surface area contributed by atoms with Gasteiger partial charge in [0.15, 0.2) is 0 Å². The van der Waals surface area contributed by atoms with E-state index in [-0.39, 0.29) is 30.2 Å². The Kier molecular flexibility index (Phi) is 6.77. The second kappa shape index (κ2) is 9.29. The molecule has 7 nitrogen and oxygen atoms in total. The number of benzene rings is 1. The van der Waals surface area contributed by atoms with E-state index in [2.05, 4.69) is 25.2 Å². The molecule has 0 aromatic heterocycles. The van der Waals surface area contributed by atoms with Crippen LogP contribution in [0.4, 0.5) is 10.5 Å². The number of piperazine rings is 1. The van der Waals surface area contributed by atoms with Crippen LogP contribution in [0.15, 0.2) is 24.3 Å². The van der Waals surface area contributed by atoms with Crippen LogP contribution in [0.3, 0.4) is 0 Å². The minimum atomic E-state index is -0.316. The van der Waals surface area contributed by atoms with E-state index in [1.807, 2.05) is 25.1 Å². The molecule has 2 aliphatic rings. The van der Waals surface area contributed by atoms with Crippen molar-refractivity contribution in [3.05, 3.63) is 29.8 Å². The van der Waals surface area contributed by atoms with Crippen molar-refractivity contribution >= 4 is 23.5 Å². The second-order valence-corrected chi connectivity index (χ2v) is 7.92. The highest BCUT2D eigenvalue weighted by Gasteiger charge is 2.39. The van der Waals surface area contributed by atoms with Crippen LogP contribution in [0.5, 0.6) is 0 Å². The summed E-state index contributed by atoms with van der Waals surface area (Å²) < 4.78 is 0. The maximum Gasteiger partial charge on any atom is 0.317 e. The van der Waals surface area contributed by atoms with Crippen molar-refractivity contribution in [2.75, 3.05) is 44.2 Å². The Morgan fingerprint density at radius 3 is 2.41 bits per heavy atom. The molecule has 3 rings (SSSR count). The van der Waals surface area contributed by atoms with E-state index in [0.29, 0.717) is 45.2 Å². The van der Waals surface area contributed by atoms with Crippen molar-refractivity contribution in [3.63, 3.8) is 0 Å². The number of carbonyl (C=O) groups is 3. The fraction of sp³-hybridized carbons (Fsp3) is 0.591. The fourth-order valence-corrected chi connectivity index (χ4v) is 4.13. The molecule has 158 valence electrons. The summed E-state index contributed by atoms with van der Waals surface area (Å²) in [5, 5.41) is 2.80. The Morgan fingerprint density at radius 2 is 1.76 bits per heavy atom. The summed E-state index contributed by atoms with van der Waals surface area (Å²) in [5.41, 5.74) is 2.09. The Hall–Kier alpha value is -2.57. The average Bonchev–Trinajstić information content (AvgIpc) is 3.14. The second-order valence-electron chi connectivity index (χ2n) is 7.92. The number of anilines is 1. The van der Waals surface area contributed by atoms with Gasteiger partial charge in [0.1, 0.15) is 0 Å². The molecule has 0 bridgehead atoms. The summed E-state index contributed by atoms with van der Waals surface area (Å²) in [6, 6.07) is 7.93. The third kappa shape index (κ3) is 4.54. The van der Waals surface area contributed by atoms with Crippen molar-refractivity contribution in [2.24, 2.45) is 5.92 Å². The molecule has 1 aromatic carbocycles. The Morgan fingerprint density at radius 1 is 1.10 bits per heavy atom. The van der Waals surface area contributed by atoms with Gasteiger partial charge in [0.05, 0.1) is 5.92 Å². The standard InChI is InChI=1S/C22H32N4O3/c1-4-16(3)18-8-6-7-9-19(18)26-15-17(14-20(26)27)21(28)24-10-12-25(13-11-24)22(29)23-5-2/h6-9,16-17H,4-5,10-15H2,1-3H3,(H,23,29). The highest BCUT2D eigenvalue weighted by atomic mass is 16.2. The van der Waals surface area contributed by atoms with Crippen LogP contribution in [0.1, 0.15) is 45.1 Å².